The Morgan fingerprint density at radius 1 is 0.833 bits per heavy atom. The second kappa shape index (κ2) is 13.7. The highest BCUT2D eigenvalue weighted by atomic mass is 16.5. The standard InChI is InChI=1S/C33H41N5O4/c1-3-5-9-25(4-2)24-42-33(41)27-14-12-26(13-15-27)31(39)37-20-21-38-29(23-37)22-30(34-38)32(40)36-18-16-35(17-19-36)28-10-7-6-8-11-28/h6-8,10-15,22,25H,3-5,9,16-21,23-24H2,1-2H3. The minimum atomic E-state index is -0.357. The summed E-state index contributed by atoms with van der Waals surface area (Å²) < 4.78 is 7.38. The Morgan fingerprint density at radius 3 is 2.21 bits per heavy atom. The van der Waals surface area contributed by atoms with Crippen LogP contribution < -0.4 is 4.90 Å². The van der Waals surface area contributed by atoms with E-state index in [0.717, 1.165) is 44.5 Å². The molecule has 9 heteroatoms. The second-order valence-electron chi connectivity index (χ2n) is 11.2. The maximum atomic E-state index is 13.3. The minimum absolute atomic E-state index is 0.0689. The van der Waals surface area contributed by atoms with E-state index >= 15 is 0 Å². The van der Waals surface area contributed by atoms with Gasteiger partial charge >= 0.3 is 5.97 Å². The molecule has 2 aliphatic heterocycles. The van der Waals surface area contributed by atoms with Crippen LogP contribution in [0.15, 0.2) is 60.7 Å². The van der Waals surface area contributed by atoms with Crippen molar-refractivity contribution in [3.63, 3.8) is 0 Å². The summed E-state index contributed by atoms with van der Waals surface area (Å²) >= 11 is 0. The summed E-state index contributed by atoms with van der Waals surface area (Å²) in [6.45, 7) is 8.94. The first-order chi connectivity index (χ1) is 20.5. The maximum absolute atomic E-state index is 13.3. The van der Waals surface area contributed by atoms with Crippen LogP contribution in [-0.2, 0) is 17.8 Å². The van der Waals surface area contributed by atoms with E-state index in [1.807, 2.05) is 33.8 Å². The molecular weight excluding hydrogens is 530 g/mol. The molecule has 0 N–H and O–H groups in total. The van der Waals surface area contributed by atoms with E-state index in [4.69, 9.17) is 4.74 Å². The van der Waals surface area contributed by atoms with Gasteiger partial charge in [-0.25, -0.2) is 4.79 Å². The van der Waals surface area contributed by atoms with Crippen molar-refractivity contribution in [2.24, 2.45) is 5.92 Å². The average Bonchev–Trinajstić information content (AvgIpc) is 3.48. The maximum Gasteiger partial charge on any atom is 0.338 e. The molecule has 0 saturated carbocycles. The van der Waals surface area contributed by atoms with Gasteiger partial charge in [-0.05, 0) is 54.8 Å². The summed E-state index contributed by atoms with van der Waals surface area (Å²) in [6.07, 6.45) is 4.31. The second-order valence-corrected chi connectivity index (χ2v) is 11.2. The van der Waals surface area contributed by atoms with Crippen molar-refractivity contribution in [2.45, 2.75) is 52.6 Å². The van der Waals surface area contributed by atoms with Gasteiger partial charge in [0, 0.05) is 44.0 Å². The normalized spacial score (nSPS) is 15.7. The lowest BCUT2D eigenvalue weighted by atomic mass is 10.0. The fraction of sp³-hybridized carbons (Fsp3) is 0.455. The van der Waals surface area contributed by atoms with Gasteiger partial charge in [0.2, 0.25) is 0 Å². The highest BCUT2D eigenvalue weighted by molar-refractivity contribution is 5.96. The molecule has 2 aliphatic rings. The van der Waals surface area contributed by atoms with Crippen molar-refractivity contribution in [3.8, 4) is 0 Å². The van der Waals surface area contributed by atoms with E-state index in [1.54, 1.807) is 29.2 Å². The zero-order valence-electron chi connectivity index (χ0n) is 24.7. The third kappa shape index (κ3) is 6.83. The number of carbonyl (C=O) groups is 3. The molecule has 3 aromatic rings. The Bertz CT molecular complexity index is 1360. The fourth-order valence-corrected chi connectivity index (χ4v) is 5.62. The SMILES string of the molecule is CCCCC(CC)COC(=O)c1ccc(C(=O)N2CCn3nc(C(=O)N4CCN(c5ccccc5)CC4)cc3C2)cc1. The molecular formula is C33H41N5O4. The van der Waals surface area contributed by atoms with Gasteiger partial charge < -0.3 is 19.4 Å². The Hall–Kier alpha value is -4.14. The van der Waals surface area contributed by atoms with Gasteiger partial charge in [-0.1, -0.05) is 51.3 Å². The summed E-state index contributed by atoms with van der Waals surface area (Å²) in [5.74, 6) is -0.161. The Kier molecular flexibility index (Phi) is 9.56. The number of carbonyl (C=O) groups excluding carboxylic acids is 3. The monoisotopic (exact) mass is 571 g/mol. The zero-order chi connectivity index (χ0) is 29.5. The molecule has 3 heterocycles. The number of fused-ring (bicyclic) bond motifs is 1. The van der Waals surface area contributed by atoms with E-state index in [2.05, 4.69) is 36.0 Å². The number of anilines is 1. The lowest BCUT2D eigenvalue weighted by molar-refractivity contribution is 0.0427. The van der Waals surface area contributed by atoms with Crippen LogP contribution in [0.4, 0.5) is 5.69 Å². The average molecular weight is 572 g/mol. The van der Waals surface area contributed by atoms with Gasteiger partial charge in [0.25, 0.3) is 11.8 Å². The van der Waals surface area contributed by atoms with Crippen LogP contribution in [0.25, 0.3) is 0 Å². The fourth-order valence-electron chi connectivity index (χ4n) is 5.62. The topological polar surface area (TPSA) is 88.0 Å². The smallest absolute Gasteiger partial charge is 0.338 e. The third-order valence-corrected chi connectivity index (χ3v) is 8.35. The van der Waals surface area contributed by atoms with Gasteiger partial charge in [-0.15, -0.1) is 0 Å². The molecule has 0 radical (unpaired) electrons. The molecule has 0 bridgehead atoms. The van der Waals surface area contributed by atoms with Crippen molar-refractivity contribution < 1.29 is 19.1 Å². The Labute approximate surface area is 248 Å². The lowest BCUT2D eigenvalue weighted by Gasteiger charge is -2.35. The number of aromatic nitrogens is 2. The molecule has 42 heavy (non-hydrogen) atoms. The number of para-hydroxylation sites is 1. The van der Waals surface area contributed by atoms with Crippen LogP contribution >= 0.6 is 0 Å². The predicted octanol–water partition coefficient (Wildman–Crippen LogP) is 4.87. The van der Waals surface area contributed by atoms with Gasteiger partial charge in [0.1, 0.15) is 0 Å². The number of hydrogen-bond donors (Lipinski definition) is 0. The van der Waals surface area contributed by atoms with E-state index in [0.29, 0.717) is 62.1 Å². The van der Waals surface area contributed by atoms with Crippen molar-refractivity contribution in [1.29, 1.82) is 0 Å². The number of rotatable bonds is 10. The van der Waals surface area contributed by atoms with Crippen molar-refractivity contribution in [1.82, 2.24) is 19.6 Å². The first-order valence-electron chi connectivity index (χ1n) is 15.2. The third-order valence-electron chi connectivity index (χ3n) is 8.35. The first kappa shape index (κ1) is 29.4. The predicted molar refractivity (Wildman–Crippen MR) is 162 cm³/mol. The Morgan fingerprint density at radius 2 is 1.52 bits per heavy atom. The molecule has 222 valence electrons. The molecule has 9 nitrogen and oxygen atoms in total. The molecule has 1 saturated heterocycles. The van der Waals surface area contributed by atoms with Crippen LogP contribution in [0, 0.1) is 5.92 Å². The van der Waals surface area contributed by atoms with Crippen LogP contribution in [0.5, 0.6) is 0 Å². The van der Waals surface area contributed by atoms with Gasteiger partial charge in [0.15, 0.2) is 5.69 Å². The van der Waals surface area contributed by atoms with E-state index in [1.165, 1.54) is 5.69 Å². The number of esters is 1. The molecule has 1 unspecified atom stereocenters. The van der Waals surface area contributed by atoms with Gasteiger partial charge in [-0.2, -0.15) is 5.10 Å². The molecule has 0 aliphatic carbocycles. The van der Waals surface area contributed by atoms with E-state index in [-0.39, 0.29) is 17.8 Å². The highest BCUT2D eigenvalue weighted by Crippen LogP contribution is 2.21. The van der Waals surface area contributed by atoms with Crippen molar-refractivity contribution in [2.75, 3.05) is 44.2 Å². The molecule has 2 aromatic carbocycles. The van der Waals surface area contributed by atoms with Crippen LogP contribution in [-0.4, -0.2) is 76.7 Å². The number of unbranched alkanes of at least 4 members (excludes halogenated alkanes) is 1. The molecule has 1 fully saturated rings. The molecule has 1 atom stereocenters. The van der Waals surface area contributed by atoms with E-state index in [9.17, 15) is 14.4 Å². The number of hydrogen-bond acceptors (Lipinski definition) is 6. The summed E-state index contributed by atoms with van der Waals surface area (Å²) in [5, 5.41) is 4.58. The molecule has 2 amide bonds. The first-order valence-corrected chi connectivity index (χ1v) is 15.2. The van der Waals surface area contributed by atoms with Crippen molar-refractivity contribution in [3.05, 3.63) is 83.2 Å². The largest absolute Gasteiger partial charge is 0.462 e. The summed E-state index contributed by atoms with van der Waals surface area (Å²) in [6, 6.07) is 18.7. The summed E-state index contributed by atoms with van der Waals surface area (Å²) in [7, 11) is 0. The number of ether oxygens (including phenoxy) is 1. The molecule has 5 rings (SSSR count). The summed E-state index contributed by atoms with van der Waals surface area (Å²) in [5.41, 5.74) is 3.40. The lowest BCUT2D eigenvalue weighted by Crippen LogP contribution is -2.48. The van der Waals surface area contributed by atoms with Gasteiger partial charge in [-0.3, -0.25) is 14.3 Å². The van der Waals surface area contributed by atoms with E-state index < -0.39 is 0 Å². The zero-order valence-corrected chi connectivity index (χ0v) is 24.7. The number of piperazine rings is 1. The molecule has 1 aromatic heterocycles. The van der Waals surface area contributed by atoms with Crippen LogP contribution in [0.2, 0.25) is 0 Å². The Balaban J connectivity index is 1.14. The molecule has 0 spiro atoms. The number of amides is 2. The van der Waals surface area contributed by atoms with Crippen LogP contribution in [0.3, 0.4) is 0 Å². The van der Waals surface area contributed by atoms with Gasteiger partial charge in [0.05, 0.1) is 31.0 Å². The quantitative estimate of drug-likeness (QED) is 0.323. The highest BCUT2D eigenvalue weighted by Gasteiger charge is 2.28. The number of benzene rings is 2. The number of nitrogens with zero attached hydrogens (tertiary/aromatic N) is 5. The van der Waals surface area contributed by atoms with Crippen LogP contribution in [0.1, 0.15) is 76.4 Å². The minimum Gasteiger partial charge on any atom is -0.462 e. The summed E-state index contributed by atoms with van der Waals surface area (Å²) in [4.78, 5) is 45.0. The van der Waals surface area contributed by atoms with Crippen molar-refractivity contribution >= 4 is 23.5 Å².